The Morgan fingerprint density at radius 3 is 3.07 bits per heavy atom. The predicted molar refractivity (Wildman–Crippen MR) is 50.3 cm³/mol. The minimum Gasteiger partial charge on any atom is -0.464 e. The largest absolute Gasteiger partial charge is 0.464 e. The summed E-state index contributed by atoms with van der Waals surface area (Å²) in [6.45, 7) is 2.55. The van der Waals surface area contributed by atoms with E-state index in [2.05, 4.69) is 10.3 Å². The van der Waals surface area contributed by atoms with E-state index in [0.29, 0.717) is 12.4 Å². The van der Waals surface area contributed by atoms with Crippen LogP contribution in [0, 0.1) is 0 Å². The molecule has 1 heterocycles. The van der Waals surface area contributed by atoms with E-state index in [0.717, 1.165) is 12.8 Å². The number of ether oxygens (including phenoxy) is 1. The molecule has 2 N–H and O–H groups in total. The van der Waals surface area contributed by atoms with E-state index in [4.69, 9.17) is 10.5 Å². The van der Waals surface area contributed by atoms with Crippen LogP contribution < -0.4 is 5.73 Å². The lowest BCUT2D eigenvalue weighted by Gasteiger charge is -2.02. The summed E-state index contributed by atoms with van der Waals surface area (Å²) in [5, 5.41) is 7.17. The number of rotatable bonds is 5. The molecule has 0 aliphatic heterocycles. The lowest BCUT2D eigenvalue weighted by atomic mass is 10.4. The van der Waals surface area contributed by atoms with Gasteiger partial charge in [0, 0.05) is 0 Å². The maximum atomic E-state index is 11.1. The molecule has 1 aromatic heterocycles. The lowest BCUT2D eigenvalue weighted by Crippen LogP contribution is -2.14. The van der Waals surface area contributed by atoms with Crippen molar-refractivity contribution in [2.45, 2.75) is 26.3 Å². The minimum atomic E-state index is -0.316. The van der Waals surface area contributed by atoms with Gasteiger partial charge < -0.3 is 10.5 Å². The number of unbranched alkanes of at least 4 members (excludes halogenated alkanes) is 1. The maximum absolute atomic E-state index is 11.1. The fourth-order valence-electron chi connectivity index (χ4n) is 0.899. The Hall–Kier alpha value is -1.59. The summed E-state index contributed by atoms with van der Waals surface area (Å²) in [7, 11) is 0. The van der Waals surface area contributed by atoms with E-state index >= 15 is 0 Å². The van der Waals surface area contributed by atoms with E-state index in [1.165, 1.54) is 10.9 Å². The normalized spacial score (nSPS) is 10.1. The third kappa shape index (κ3) is 3.42. The van der Waals surface area contributed by atoms with Crippen LogP contribution in [0.25, 0.3) is 0 Å². The van der Waals surface area contributed by atoms with Crippen molar-refractivity contribution in [2.24, 2.45) is 0 Å². The number of aromatic nitrogens is 3. The molecule has 6 heteroatoms. The van der Waals surface area contributed by atoms with Crippen LogP contribution in [0.15, 0.2) is 6.20 Å². The number of carbonyl (C=O) groups excluding carboxylic acids is 1. The smallest absolute Gasteiger partial charge is 0.327 e. The number of nitrogens with zero attached hydrogens (tertiary/aromatic N) is 3. The first-order valence-electron chi connectivity index (χ1n) is 4.53. The van der Waals surface area contributed by atoms with Crippen molar-refractivity contribution in [1.29, 1.82) is 0 Å². The van der Waals surface area contributed by atoms with Gasteiger partial charge in [0.25, 0.3) is 0 Å². The highest BCUT2D eigenvalue weighted by atomic mass is 16.5. The van der Waals surface area contributed by atoms with Crippen LogP contribution in [0.2, 0.25) is 0 Å². The van der Waals surface area contributed by atoms with Gasteiger partial charge in [0.1, 0.15) is 6.54 Å². The van der Waals surface area contributed by atoms with Gasteiger partial charge in [0.05, 0.1) is 12.8 Å². The molecule has 0 unspecified atom stereocenters. The van der Waals surface area contributed by atoms with E-state index in [1.54, 1.807) is 0 Å². The first kappa shape index (κ1) is 10.5. The Morgan fingerprint density at radius 1 is 1.71 bits per heavy atom. The van der Waals surface area contributed by atoms with Crippen molar-refractivity contribution >= 4 is 11.8 Å². The van der Waals surface area contributed by atoms with Crippen LogP contribution in [0.5, 0.6) is 0 Å². The molecule has 0 saturated carbocycles. The molecule has 78 valence electrons. The van der Waals surface area contributed by atoms with Crippen LogP contribution in [0.1, 0.15) is 19.8 Å². The SMILES string of the molecule is CCCCOC(=O)Cn1cc(N)nn1. The predicted octanol–water partition coefficient (Wildman–Crippen LogP) is 0.204. The molecule has 0 atom stereocenters. The van der Waals surface area contributed by atoms with E-state index in [1.807, 2.05) is 6.92 Å². The zero-order valence-corrected chi connectivity index (χ0v) is 8.14. The van der Waals surface area contributed by atoms with Gasteiger partial charge >= 0.3 is 5.97 Å². The first-order valence-corrected chi connectivity index (χ1v) is 4.53. The standard InChI is InChI=1S/C8H14N4O2/c1-2-3-4-14-8(13)6-12-5-7(9)10-11-12/h5H,2-4,6,9H2,1H3. The number of esters is 1. The van der Waals surface area contributed by atoms with Crippen LogP contribution in [-0.4, -0.2) is 27.6 Å². The Balaban J connectivity index is 2.27. The molecule has 0 aliphatic rings. The molecule has 0 spiro atoms. The summed E-state index contributed by atoms with van der Waals surface area (Å²) < 4.78 is 6.28. The van der Waals surface area contributed by atoms with Gasteiger partial charge in [-0.15, -0.1) is 5.10 Å². The van der Waals surface area contributed by atoms with Gasteiger partial charge in [-0.1, -0.05) is 18.6 Å². The number of hydrogen-bond donors (Lipinski definition) is 1. The third-order valence-electron chi connectivity index (χ3n) is 1.61. The summed E-state index contributed by atoms with van der Waals surface area (Å²) in [6, 6.07) is 0. The molecule has 6 nitrogen and oxygen atoms in total. The number of carbonyl (C=O) groups is 1. The molecular formula is C8H14N4O2. The van der Waals surface area contributed by atoms with Crippen LogP contribution in [-0.2, 0) is 16.1 Å². The summed E-state index contributed by atoms with van der Waals surface area (Å²) in [6.07, 6.45) is 3.37. The Bertz CT molecular complexity index is 297. The Labute approximate surface area is 82.0 Å². The van der Waals surface area contributed by atoms with Gasteiger partial charge in [0.15, 0.2) is 5.82 Å². The van der Waals surface area contributed by atoms with Crippen LogP contribution in [0.3, 0.4) is 0 Å². The van der Waals surface area contributed by atoms with Gasteiger partial charge in [0.2, 0.25) is 0 Å². The van der Waals surface area contributed by atoms with Gasteiger partial charge in [-0.3, -0.25) is 4.79 Å². The van der Waals surface area contributed by atoms with Crippen molar-refractivity contribution < 1.29 is 9.53 Å². The summed E-state index contributed by atoms with van der Waals surface area (Å²) in [5.41, 5.74) is 5.33. The van der Waals surface area contributed by atoms with Gasteiger partial charge in [-0.25, -0.2) is 4.68 Å². The van der Waals surface area contributed by atoms with E-state index < -0.39 is 0 Å². The molecular weight excluding hydrogens is 184 g/mol. The molecule has 1 aromatic rings. The highest BCUT2D eigenvalue weighted by Gasteiger charge is 2.05. The van der Waals surface area contributed by atoms with Crippen molar-refractivity contribution in [3.05, 3.63) is 6.20 Å². The lowest BCUT2D eigenvalue weighted by molar-refractivity contribution is -0.144. The van der Waals surface area contributed by atoms with E-state index in [-0.39, 0.29) is 12.5 Å². The Kier molecular flexibility index (Phi) is 3.90. The average molecular weight is 198 g/mol. The molecule has 0 amide bonds. The molecule has 0 fully saturated rings. The van der Waals surface area contributed by atoms with Crippen LogP contribution in [0.4, 0.5) is 5.82 Å². The second kappa shape index (κ2) is 5.21. The average Bonchev–Trinajstić information content (AvgIpc) is 2.52. The quantitative estimate of drug-likeness (QED) is 0.540. The summed E-state index contributed by atoms with van der Waals surface area (Å²) in [5.74, 6) is -0.0188. The fourth-order valence-corrected chi connectivity index (χ4v) is 0.899. The molecule has 0 aromatic carbocycles. The Morgan fingerprint density at radius 2 is 2.50 bits per heavy atom. The number of nitrogen functional groups attached to an aromatic ring is 1. The van der Waals surface area contributed by atoms with Gasteiger partial charge in [-0.05, 0) is 6.42 Å². The van der Waals surface area contributed by atoms with Crippen LogP contribution >= 0.6 is 0 Å². The zero-order chi connectivity index (χ0) is 10.4. The highest BCUT2D eigenvalue weighted by Crippen LogP contribution is 1.94. The number of hydrogen-bond acceptors (Lipinski definition) is 5. The molecule has 0 radical (unpaired) electrons. The number of anilines is 1. The molecule has 0 saturated heterocycles. The molecule has 0 aliphatic carbocycles. The molecule has 14 heavy (non-hydrogen) atoms. The second-order valence-electron chi connectivity index (χ2n) is 2.92. The highest BCUT2D eigenvalue weighted by molar-refractivity contribution is 5.69. The van der Waals surface area contributed by atoms with Gasteiger partial charge in [-0.2, -0.15) is 0 Å². The van der Waals surface area contributed by atoms with Crippen molar-refractivity contribution in [3.8, 4) is 0 Å². The maximum Gasteiger partial charge on any atom is 0.327 e. The fraction of sp³-hybridized carbons (Fsp3) is 0.625. The van der Waals surface area contributed by atoms with Crippen molar-refractivity contribution in [1.82, 2.24) is 15.0 Å². The van der Waals surface area contributed by atoms with Crippen molar-refractivity contribution in [2.75, 3.05) is 12.3 Å². The second-order valence-corrected chi connectivity index (χ2v) is 2.92. The minimum absolute atomic E-state index is 0.0634. The zero-order valence-electron chi connectivity index (χ0n) is 8.14. The topological polar surface area (TPSA) is 83.0 Å². The van der Waals surface area contributed by atoms with E-state index in [9.17, 15) is 4.79 Å². The summed E-state index contributed by atoms with van der Waals surface area (Å²) >= 11 is 0. The molecule has 1 rings (SSSR count). The third-order valence-corrected chi connectivity index (χ3v) is 1.61. The first-order chi connectivity index (χ1) is 6.72. The molecule has 0 bridgehead atoms. The monoisotopic (exact) mass is 198 g/mol. The van der Waals surface area contributed by atoms with Crippen molar-refractivity contribution in [3.63, 3.8) is 0 Å². The number of nitrogens with two attached hydrogens (primary N) is 1. The summed E-state index contributed by atoms with van der Waals surface area (Å²) in [4.78, 5) is 11.1.